The highest BCUT2D eigenvalue weighted by molar-refractivity contribution is 14.1. The van der Waals surface area contributed by atoms with Crippen LogP contribution in [0.2, 0.25) is 0 Å². The Morgan fingerprint density at radius 3 is 2.04 bits per heavy atom. The Balaban J connectivity index is 0.816. The number of carbonyl (C=O) groups is 5. The van der Waals surface area contributed by atoms with Crippen molar-refractivity contribution in [3.05, 3.63) is 98.0 Å². The predicted molar refractivity (Wildman–Crippen MR) is 305 cm³/mol. The van der Waals surface area contributed by atoms with Crippen molar-refractivity contribution in [3.8, 4) is 10.4 Å². The number of nitrogens with two attached hydrogens (primary N) is 1. The van der Waals surface area contributed by atoms with Crippen LogP contribution in [0.5, 0.6) is 0 Å². The molecule has 20 nitrogen and oxygen atoms in total. The summed E-state index contributed by atoms with van der Waals surface area (Å²) in [5, 5.41) is 22.3. The van der Waals surface area contributed by atoms with Crippen LogP contribution in [0, 0.1) is 33.4 Å². The SMILES string of the molecule is Cc1ncsc1-c1ccc([C@H](CC(=O)NCCOCCOCCOCCOCCOCCNCCCONC(=O)c2ccc(F)c(F)c2Nc2ccc(I)cc2F)C2(C(N)=O)CC(O)CN2C(=O)C(NC(=O)C2(F)CC2)C(C)(C)C)cc1. The van der Waals surface area contributed by atoms with Gasteiger partial charge in [0.05, 0.1) is 112 Å². The van der Waals surface area contributed by atoms with E-state index in [9.17, 15) is 46.6 Å². The van der Waals surface area contributed by atoms with Crippen LogP contribution >= 0.6 is 33.9 Å². The zero-order chi connectivity index (χ0) is 59.5. The molecule has 1 saturated heterocycles. The third-order valence-corrected chi connectivity index (χ3v) is 15.3. The van der Waals surface area contributed by atoms with E-state index in [1.807, 2.05) is 41.6 Å². The topological polar surface area (TPSA) is 263 Å². The van der Waals surface area contributed by atoms with Crippen molar-refractivity contribution in [2.24, 2.45) is 11.1 Å². The maximum Gasteiger partial charge on any atom is 0.277 e. The molecule has 1 saturated carbocycles. The van der Waals surface area contributed by atoms with Crippen LogP contribution in [-0.2, 0) is 47.7 Å². The van der Waals surface area contributed by atoms with E-state index in [0.717, 1.165) is 28.3 Å². The summed E-state index contributed by atoms with van der Waals surface area (Å²) in [5.41, 5.74) is 6.46. The first-order chi connectivity index (χ1) is 39.2. The number of ether oxygens (including phenoxy) is 5. The van der Waals surface area contributed by atoms with E-state index in [1.165, 1.54) is 28.4 Å². The van der Waals surface area contributed by atoms with Gasteiger partial charge in [0.2, 0.25) is 17.7 Å². The monoisotopic (exact) mass is 1280 g/mol. The number of halogens is 5. The highest BCUT2D eigenvalue weighted by atomic mass is 127. The molecule has 3 unspecified atom stereocenters. The molecule has 2 aliphatic rings. The fourth-order valence-electron chi connectivity index (χ4n) is 9.14. The Bertz CT molecular complexity index is 2780. The van der Waals surface area contributed by atoms with Gasteiger partial charge in [-0.3, -0.25) is 28.8 Å². The second kappa shape index (κ2) is 31.5. The van der Waals surface area contributed by atoms with Crippen molar-refractivity contribution in [2.75, 3.05) is 104 Å². The van der Waals surface area contributed by atoms with E-state index in [4.69, 9.17) is 34.3 Å². The number of thiazole rings is 1. The number of aliphatic hydroxyl groups is 1. The largest absolute Gasteiger partial charge is 0.391 e. The van der Waals surface area contributed by atoms with Gasteiger partial charge in [-0.25, -0.2) is 28.0 Å². The Labute approximate surface area is 491 Å². The number of aliphatic hydroxyl groups excluding tert-OH is 1. The van der Waals surface area contributed by atoms with E-state index >= 15 is 0 Å². The van der Waals surface area contributed by atoms with Crippen molar-refractivity contribution < 1.29 is 75.2 Å². The molecular formula is C56H73F4IN8O12S. The molecule has 0 radical (unpaired) electrons. The van der Waals surface area contributed by atoms with Crippen LogP contribution in [0.3, 0.4) is 0 Å². The van der Waals surface area contributed by atoms with E-state index in [1.54, 1.807) is 44.5 Å². The first-order valence-corrected chi connectivity index (χ1v) is 28.9. The zero-order valence-electron chi connectivity index (χ0n) is 46.4. The number of nitrogens with zero attached hydrogens (tertiary/aromatic N) is 2. The lowest BCUT2D eigenvalue weighted by atomic mass is 9.73. The Morgan fingerprint density at radius 1 is 0.841 bits per heavy atom. The molecule has 3 aromatic carbocycles. The number of carbonyl (C=O) groups excluding carboxylic acids is 5. The van der Waals surface area contributed by atoms with Gasteiger partial charge < -0.3 is 60.7 Å². The number of β-amino-alcohol motifs (C(OH)–C–C–N with tert-alkyl or cyclic N) is 1. The number of nitrogens with one attached hydrogen (secondary N) is 5. The molecule has 2 fully saturated rings. The smallest absolute Gasteiger partial charge is 0.277 e. The fourth-order valence-corrected chi connectivity index (χ4v) is 10.4. The minimum absolute atomic E-state index is 0.0267. The number of benzene rings is 3. The maximum absolute atomic E-state index is 14.9. The number of rotatable bonds is 35. The second-order valence-corrected chi connectivity index (χ2v) is 22.9. The van der Waals surface area contributed by atoms with Crippen molar-refractivity contribution in [1.82, 2.24) is 31.3 Å². The number of primary amides is 1. The standard InChI is InChI=1S/C56H73F4IN8O12S/c1-35-48(82-34-65-35)37-8-6-36(7-9-37)41(56(52(62)74)32-39(70)33-69(56)51(73)49(54(2,3)4)67-53(75)55(60)14-15-55)31-45(71)64-18-21-77-23-25-79-27-29-80-28-26-78-24-22-76-20-17-63-16-5-19-81-68-50(72)40-11-12-42(57)46(59)47(40)66-44-13-10-38(61)30-43(44)58/h6-13,30,34,39,41,49,63,66,70H,5,14-29,31-33H2,1-4H3,(H2,62,74)(H,64,71)(H,67,75)(H,68,72)/t39?,41-,49?,56?/m0/s1. The molecule has 26 heteroatoms. The molecule has 8 N–H and O–H groups in total. The number of hydrogen-bond donors (Lipinski definition) is 7. The third kappa shape index (κ3) is 18.5. The second-order valence-electron chi connectivity index (χ2n) is 20.8. The number of anilines is 2. The molecule has 4 atom stereocenters. The molecule has 6 rings (SSSR count). The van der Waals surface area contributed by atoms with Gasteiger partial charge in [-0.05, 0) is 102 Å². The molecule has 1 aromatic heterocycles. The summed E-state index contributed by atoms with van der Waals surface area (Å²) in [4.78, 5) is 79.8. The minimum Gasteiger partial charge on any atom is -0.391 e. The van der Waals surface area contributed by atoms with Gasteiger partial charge in [-0.1, -0.05) is 45.0 Å². The summed E-state index contributed by atoms with van der Waals surface area (Å²) in [5.74, 6) is -8.22. The predicted octanol–water partition coefficient (Wildman–Crippen LogP) is 5.75. The summed E-state index contributed by atoms with van der Waals surface area (Å²) in [6.45, 7) is 11.1. The first-order valence-electron chi connectivity index (χ1n) is 26.9. The highest BCUT2D eigenvalue weighted by Crippen LogP contribution is 2.46. The average Bonchev–Trinajstić information content (AvgIpc) is 2.33. The molecule has 5 amide bonds. The molecule has 1 aliphatic carbocycles. The molecule has 0 bridgehead atoms. The molecule has 4 aromatic rings. The number of likely N-dealkylation sites (tertiary alicyclic amines) is 1. The Morgan fingerprint density at radius 2 is 1.46 bits per heavy atom. The van der Waals surface area contributed by atoms with Crippen molar-refractivity contribution in [2.45, 2.75) is 89.1 Å². The van der Waals surface area contributed by atoms with Crippen LogP contribution in [0.15, 0.2) is 60.1 Å². The van der Waals surface area contributed by atoms with Crippen LogP contribution in [0.4, 0.5) is 28.9 Å². The number of aryl methyl sites for hydroxylation is 1. The normalized spacial score (nSPS) is 17.3. The maximum atomic E-state index is 14.9. The lowest BCUT2D eigenvalue weighted by Gasteiger charge is -2.44. The van der Waals surface area contributed by atoms with Gasteiger partial charge in [-0.15, -0.1) is 11.3 Å². The van der Waals surface area contributed by atoms with E-state index in [-0.39, 0.29) is 76.5 Å². The lowest BCUT2D eigenvalue weighted by Crippen LogP contribution is -2.65. The number of aromatic nitrogens is 1. The fraction of sp³-hybridized carbons (Fsp3) is 0.536. The minimum atomic E-state index is -2.08. The zero-order valence-corrected chi connectivity index (χ0v) is 49.3. The van der Waals surface area contributed by atoms with Crippen LogP contribution < -0.4 is 32.5 Å². The molecule has 2 heterocycles. The molecular weight excluding hydrogens is 1210 g/mol. The van der Waals surface area contributed by atoms with E-state index in [2.05, 4.69) is 31.7 Å². The van der Waals surface area contributed by atoms with Gasteiger partial charge in [0.15, 0.2) is 17.3 Å². The summed E-state index contributed by atoms with van der Waals surface area (Å²) in [7, 11) is 0. The van der Waals surface area contributed by atoms with Crippen LogP contribution in [0.25, 0.3) is 10.4 Å². The Hall–Kier alpha value is -5.43. The molecule has 450 valence electrons. The van der Waals surface area contributed by atoms with E-state index in [0.29, 0.717) is 74.9 Å². The lowest BCUT2D eigenvalue weighted by molar-refractivity contribution is -0.151. The van der Waals surface area contributed by atoms with Gasteiger partial charge in [0, 0.05) is 42.0 Å². The van der Waals surface area contributed by atoms with Gasteiger partial charge >= 0.3 is 0 Å². The molecule has 0 spiro atoms. The van der Waals surface area contributed by atoms with Crippen molar-refractivity contribution in [1.29, 1.82) is 0 Å². The van der Waals surface area contributed by atoms with Crippen molar-refractivity contribution >= 4 is 74.8 Å². The van der Waals surface area contributed by atoms with Crippen molar-refractivity contribution in [3.63, 3.8) is 0 Å². The quantitative estimate of drug-likeness (QED) is 0.0125. The van der Waals surface area contributed by atoms with Crippen LogP contribution in [0.1, 0.15) is 80.4 Å². The van der Waals surface area contributed by atoms with Gasteiger partial charge in [0.25, 0.3) is 11.8 Å². The number of hydroxylamine groups is 1. The number of amides is 5. The number of hydrogen-bond acceptors (Lipinski definition) is 16. The van der Waals surface area contributed by atoms with E-state index < -0.39 is 87.4 Å². The molecule has 82 heavy (non-hydrogen) atoms. The van der Waals surface area contributed by atoms with Crippen LogP contribution in [-0.4, -0.2) is 167 Å². The summed E-state index contributed by atoms with van der Waals surface area (Å²) >= 11 is 3.36. The average molecular weight is 1290 g/mol. The molecule has 1 aliphatic heterocycles. The Kier molecular flexibility index (Phi) is 25.2. The first kappa shape index (κ1) is 65.7. The summed E-state index contributed by atoms with van der Waals surface area (Å²) in [6, 6.07) is 11.9. The highest BCUT2D eigenvalue weighted by Gasteiger charge is 2.60. The third-order valence-electron chi connectivity index (χ3n) is 13.7. The van der Waals surface area contributed by atoms with Gasteiger partial charge in [-0.2, -0.15) is 0 Å². The number of alkyl halides is 1. The summed E-state index contributed by atoms with van der Waals surface area (Å²) < 4.78 is 86.5. The van der Waals surface area contributed by atoms with Gasteiger partial charge in [0.1, 0.15) is 17.4 Å². The summed E-state index contributed by atoms with van der Waals surface area (Å²) in [6.07, 6.45) is -1.25.